The molecule has 1 aromatic rings. The molecule has 24 heavy (non-hydrogen) atoms. The molecule has 0 bridgehead atoms. The van der Waals surface area contributed by atoms with Gasteiger partial charge in [-0.15, -0.1) is 0 Å². The van der Waals surface area contributed by atoms with Gasteiger partial charge in [0, 0.05) is 56.2 Å². The standard InChI is InChI=1S/C17H25N3O3S/c21-15(4-7-19-6-2-1-3-16(19)22)18-13-17(5-12-24-14-17)20-8-10-23-11-9-20/h1-3,6H,4-5,7-14H2,(H,18,21). The first-order chi connectivity index (χ1) is 11.7. The van der Waals surface area contributed by atoms with E-state index in [1.807, 2.05) is 17.8 Å². The molecule has 132 valence electrons. The van der Waals surface area contributed by atoms with E-state index < -0.39 is 0 Å². The number of nitrogens with zero attached hydrogens (tertiary/aromatic N) is 2. The summed E-state index contributed by atoms with van der Waals surface area (Å²) >= 11 is 1.96. The van der Waals surface area contributed by atoms with Crippen LogP contribution in [0, 0.1) is 0 Å². The van der Waals surface area contributed by atoms with Crippen molar-refractivity contribution < 1.29 is 9.53 Å². The minimum atomic E-state index is -0.0673. The fourth-order valence-corrected chi connectivity index (χ4v) is 4.83. The molecule has 1 atom stereocenters. The zero-order valence-corrected chi connectivity index (χ0v) is 14.7. The minimum absolute atomic E-state index is 0.00953. The van der Waals surface area contributed by atoms with Crippen molar-refractivity contribution in [1.29, 1.82) is 0 Å². The highest BCUT2D eigenvalue weighted by molar-refractivity contribution is 7.99. The van der Waals surface area contributed by atoms with Gasteiger partial charge < -0.3 is 14.6 Å². The van der Waals surface area contributed by atoms with Gasteiger partial charge in [-0.25, -0.2) is 0 Å². The Morgan fingerprint density at radius 3 is 2.88 bits per heavy atom. The maximum absolute atomic E-state index is 12.2. The van der Waals surface area contributed by atoms with Crippen LogP contribution in [0.3, 0.4) is 0 Å². The second-order valence-corrected chi connectivity index (χ2v) is 7.49. The van der Waals surface area contributed by atoms with Crippen molar-refractivity contribution in [1.82, 2.24) is 14.8 Å². The molecular formula is C17H25N3O3S. The molecule has 0 aromatic carbocycles. The average molecular weight is 351 g/mol. The summed E-state index contributed by atoms with van der Waals surface area (Å²) in [7, 11) is 0. The van der Waals surface area contributed by atoms with Gasteiger partial charge in [0.1, 0.15) is 0 Å². The number of thioether (sulfide) groups is 1. The third kappa shape index (κ3) is 4.20. The number of carbonyl (C=O) groups excluding carboxylic acids is 1. The van der Waals surface area contributed by atoms with E-state index in [2.05, 4.69) is 10.2 Å². The summed E-state index contributed by atoms with van der Waals surface area (Å²) in [6, 6.07) is 5.03. The van der Waals surface area contributed by atoms with Crippen molar-refractivity contribution in [3.05, 3.63) is 34.7 Å². The Morgan fingerprint density at radius 1 is 1.33 bits per heavy atom. The number of aromatic nitrogens is 1. The molecule has 1 unspecified atom stereocenters. The lowest BCUT2D eigenvalue weighted by molar-refractivity contribution is -0.122. The summed E-state index contributed by atoms with van der Waals surface area (Å²) in [5.41, 5.74) is -0.00415. The Labute approximate surface area is 146 Å². The van der Waals surface area contributed by atoms with Crippen molar-refractivity contribution >= 4 is 17.7 Å². The highest BCUT2D eigenvalue weighted by atomic mass is 32.2. The molecule has 2 saturated heterocycles. The van der Waals surface area contributed by atoms with Gasteiger partial charge in [-0.1, -0.05) is 6.07 Å². The molecule has 0 spiro atoms. The van der Waals surface area contributed by atoms with Crippen LogP contribution in [0.25, 0.3) is 0 Å². The summed E-state index contributed by atoms with van der Waals surface area (Å²) in [6.07, 6.45) is 3.16. The van der Waals surface area contributed by atoms with Crippen molar-refractivity contribution in [2.45, 2.75) is 24.9 Å². The summed E-state index contributed by atoms with van der Waals surface area (Å²) in [6.45, 7) is 4.54. The average Bonchev–Trinajstić information content (AvgIpc) is 3.10. The molecule has 1 amide bonds. The monoisotopic (exact) mass is 351 g/mol. The van der Waals surface area contributed by atoms with E-state index >= 15 is 0 Å². The van der Waals surface area contributed by atoms with Crippen LogP contribution in [0.5, 0.6) is 0 Å². The number of rotatable bonds is 6. The predicted molar refractivity (Wildman–Crippen MR) is 95.4 cm³/mol. The zero-order valence-electron chi connectivity index (χ0n) is 13.9. The lowest BCUT2D eigenvalue weighted by Crippen LogP contribution is -2.59. The van der Waals surface area contributed by atoms with E-state index in [1.54, 1.807) is 16.8 Å². The van der Waals surface area contributed by atoms with Crippen LogP contribution in [0.1, 0.15) is 12.8 Å². The third-order valence-electron chi connectivity index (χ3n) is 4.86. The van der Waals surface area contributed by atoms with Crippen LogP contribution < -0.4 is 10.9 Å². The lowest BCUT2D eigenvalue weighted by Gasteiger charge is -2.43. The first-order valence-corrected chi connectivity index (χ1v) is 9.68. The Bertz CT molecular complexity index is 607. The highest BCUT2D eigenvalue weighted by Gasteiger charge is 2.40. The minimum Gasteiger partial charge on any atom is -0.379 e. The van der Waals surface area contributed by atoms with Gasteiger partial charge in [-0.2, -0.15) is 11.8 Å². The van der Waals surface area contributed by atoms with E-state index in [9.17, 15) is 9.59 Å². The number of pyridine rings is 1. The second-order valence-electron chi connectivity index (χ2n) is 6.39. The second kappa shape index (κ2) is 8.18. The van der Waals surface area contributed by atoms with Crippen LogP contribution in [0.15, 0.2) is 29.2 Å². The van der Waals surface area contributed by atoms with Crippen molar-refractivity contribution in [2.75, 3.05) is 44.4 Å². The molecule has 2 aliphatic rings. The fourth-order valence-electron chi connectivity index (χ4n) is 3.35. The maximum atomic E-state index is 12.2. The Kier molecular flexibility index (Phi) is 5.97. The molecule has 1 N–H and O–H groups in total. The first-order valence-electron chi connectivity index (χ1n) is 8.52. The van der Waals surface area contributed by atoms with Gasteiger partial charge in [0.15, 0.2) is 0 Å². The molecule has 2 aliphatic heterocycles. The first kappa shape index (κ1) is 17.5. The van der Waals surface area contributed by atoms with Crippen molar-refractivity contribution in [2.24, 2.45) is 0 Å². The molecule has 6 nitrogen and oxygen atoms in total. The van der Waals surface area contributed by atoms with Crippen LogP contribution >= 0.6 is 11.8 Å². The third-order valence-corrected chi connectivity index (χ3v) is 6.09. The number of ether oxygens (including phenoxy) is 1. The summed E-state index contributed by atoms with van der Waals surface area (Å²) in [4.78, 5) is 26.4. The number of morpholine rings is 1. The summed E-state index contributed by atoms with van der Waals surface area (Å²) in [5, 5.41) is 3.10. The largest absolute Gasteiger partial charge is 0.379 e. The smallest absolute Gasteiger partial charge is 0.250 e. The Balaban J connectivity index is 1.52. The topological polar surface area (TPSA) is 63.6 Å². The van der Waals surface area contributed by atoms with Crippen LogP contribution in [0.2, 0.25) is 0 Å². The highest BCUT2D eigenvalue weighted by Crippen LogP contribution is 2.33. The molecular weight excluding hydrogens is 326 g/mol. The number of hydrogen-bond donors (Lipinski definition) is 1. The van der Waals surface area contributed by atoms with Crippen LogP contribution in [0.4, 0.5) is 0 Å². The predicted octanol–water partition coefficient (Wildman–Crippen LogP) is 0.562. The van der Waals surface area contributed by atoms with Gasteiger partial charge >= 0.3 is 0 Å². The van der Waals surface area contributed by atoms with Gasteiger partial charge in [0.25, 0.3) is 5.56 Å². The summed E-state index contributed by atoms with van der Waals surface area (Å²) < 4.78 is 7.03. The molecule has 2 fully saturated rings. The van der Waals surface area contributed by atoms with Crippen LogP contribution in [-0.4, -0.2) is 65.3 Å². The number of amides is 1. The van der Waals surface area contributed by atoms with E-state index in [-0.39, 0.29) is 17.0 Å². The number of aryl methyl sites for hydroxylation is 1. The number of nitrogens with one attached hydrogen (secondary N) is 1. The van der Waals surface area contributed by atoms with Gasteiger partial charge in [0.2, 0.25) is 5.91 Å². The van der Waals surface area contributed by atoms with E-state index in [0.717, 1.165) is 44.2 Å². The zero-order chi connectivity index (χ0) is 16.8. The van der Waals surface area contributed by atoms with Crippen LogP contribution in [-0.2, 0) is 16.1 Å². The molecule has 3 heterocycles. The Hall–Kier alpha value is -1.31. The number of carbonyl (C=O) groups is 1. The molecule has 0 radical (unpaired) electrons. The lowest BCUT2D eigenvalue weighted by atomic mass is 9.95. The van der Waals surface area contributed by atoms with E-state index in [4.69, 9.17) is 4.74 Å². The quantitative estimate of drug-likeness (QED) is 0.812. The van der Waals surface area contributed by atoms with Gasteiger partial charge in [0.05, 0.1) is 13.2 Å². The van der Waals surface area contributed by atoms with Crippen molar-refractivity contribution in [3.63, 3.8) is 0 Å². The number of hydrogen-bond acceptors (Lipinski definition) is 5. The van der Waals surface area contributed by atoms with Gasteiger partial charge in [-0.05, 0) is 18.2 Å². The van der Waals surface area contributed by atoms with E-state index in [1.165, 1.54) is 6.07 Å². The van der Waals surface area contributed by atoms with Crippen molar-refractivity contribution in [3.8, 4) is 0 Å². The fraction of sp³-hybridized carbons (Fsp3) is 0.647. The normalized spacial score (nSPS) is 24.8. The maximum Gasteiger partial charge on any atom is 0.250 e. The van der Waals surface area contributed by atoms with E-state index in [0.29, 0.717) is 19.5 Å². The molecule has 0 saturated carbocycles. The SMILES string of the molecule is O=C(CCn1ccccc1=O)NCC1(N2CCOCC2)CCSC1. The molecule has 1 aromatic heterocycles. The Morgan fingerprint density at radius 2 is 2.17 bits per heavy atom. The summed E-state index contributed by atoms with van der Waals surface area (Å²) in [5.74, 6) is 2.22. The molecule has 0 aliphatic carbocycles. The molecule has 7 heteroatoms. The van der Waals surface area contributed by atoms with Gasteiger partial charge in [-0.3, -0.25) is 14.5 Å². The molecule has 3 rings (SSSR count).